The van der Waals surface area contributed by atoms with Crippen LogP contribution in [0.5, 0.6) is 0 Å². The number of hydrogen-bond acceptors (Lipinski definition) is 5. The normalized spacial score (nSPS) is 24.0. The predicted octanol–water partition coefficient (Wildman–Crippen LogP) is 1.25. The SMILES string of the molecule is N#Cc1cnc(NC2CCC(O)CC2)c(N)c1. The van der Waals surface area contributed by atoms with E-state index in [2.05, 4.69) is 10.3 Å². The van der Waals surface area contributed by atoms with E-state index in [1.165, 1.54) is 6.20 Å². The van der Waals surface area contributed by atoms with Crippen molar-refractivity contribution >= 4 is 11.5 Å². The molecule has 5 nitrogen and oxygen atoms in total. The largest absolute Gasteiger partial charge is 0.396 e. The molecular weight excluding hydrogens is 216 g/mol. The Kier molecular flexibility index (Phi) is 3.45. The van der Waals surface area contributed by atoms with Gasteiger partial charge in [-0.2, -0.15) is 5.26 Å². The fourth-order valence-corrected chi connectivity index (χ4v) is 2.08. The minimum Gasteiger partial charge on any atom is -0.396 e. The first kappa shape index (κ1) is 11.7. The maximum atomic E-state index is 9.41. The van der Waals surface area contributed by atoms with E-state index in [1.807, 2.05) is 6.07 Å². The van der Waals surface area contributed by atoms with E-state index in [0.29, 0.717) is 23.1 Å². The summed E-state index contributed by atoms with van der Waals surface area (Å²) in [5, 5.41) is 21.4. The Bertz CT molecular complexity index is 433. The van der Waals surface area contributed by atoms with Crippen LogP contribution in [0.1, 0.15) is 31.2 Å². The number of pyridine rings is 1. The standard InChI is InChI=1S/C12H16N4O/c13-6-8-5-11(14)12(15-7-8)16-9-1-3-10(17)4-2-9/h5,7,9-10,17H,1-4,14H2,(H,15,16). The number of nitriles is 1. The molecule has 17 heavy (non-hydrogen) atoms. The van der Waals surface area contributed by atoms with E-state index in [4.69, 9.17) is 11.0 Å². The summed E-state index contributed by atoms with van der Waals surface area (Å²) in [5.41, 5.74) is 6.78. The molecule has 1 heterocycles. The molecule has 1 aromatic heterocycles. The van der Waals surface area contributed by atoms with Gasteiger partial charge in [-0.25, -0.2) is 4.98 Å². The minimum absolute atomic E-state index is 0.167. The van der Waals surface area contributed by atoms with E-state index in [1.54, 1.807) is 6.07 Å². The van der Waals surface area contributed by atoms with Gasteiger partial charge in [0.1, 0.15) is 11.9 Å². The second kappa shape index (κ2) is 5.02. The lowest BCUT2D eigenvalue weighted by atomic mass is 9.93. The third kappa shape index (κ3) is 2.86. The molecule has 0 unspecified atom stereocenters. The molecule has 0 aliphatic heterocycles. The fourth-order valence-electron chi connectivity index (χ4n) is 2.08. The molecule has 5 heteroatoms. The summed E-state index contributed by atoms with van der Waals surface area (Å²) < 4.78 is 0. The number of aromatic nitrogens is 1. The smallest absolute Gasteiger partial charge is 0.149 e. The third-order valence-electron chi connectivity index (χ3n) is 3.08. The highest BCUT2D eigenvalue weighted by molar-refractivity contribution is 5.63. The molecule has 4 N–H and O–H groups in total. The molecule has 0 saturated heterocycles. The van der Waals surface area contributed by atoms with E-state index in [0.717, 1.165) is 25.7 Å². The van der Waals surface area contributed by atoms with Gasteiger partial charge in [0, 0.05) is 12.2 Å². The Balaban J connectivity index is 2.02. The van der Waals surface area contributed by atoms with Gasteiger partial charge in [-0.15, -0.1) is 0 Å². The van der Waals surface area contributed by atoms with Gasteiger partial charge in [0.05, 0.1) is 17.4 Å². The second-order valence-corrected chi connectivity index (χ2v) is 4.42. The molecule has 0 aromatic carbocycles. The summed E-state index contributed by atoms with van der Waals surface area (Å²) in [6.07, 6.45) is 4.81. The predicted molar refractivity (Wildman–Crippen MR) is 65.2 cm³/mol. The lowest BCUT2D eigenvalue weighted by Gasteiger charge is -2.26. The van der Waals surface area contributed by atoms with Crippen molar-refractivity contribution in [1.82, 2.24) is 4.98 Å². The van der Waals surface area contributed by atoms with Crippen LogP contribution in [-0.4, -0.2) is 22.2 Å². The van der Waals surface area contributed by atoms with E-state index in [-0.39, 0.29) is 6.10 Å². The Hall–Kier alpha value is -1.80. The van der Waals surface area contributed by atoms with Crippen LogP contribution >= 0.6 is 0 Å². The fraction of sp³-hybridized carbons (Fsp3) is 0.500. The zero-order valence-corrected chi connectivity index (χ0v) is 9.56. The van der Waals surface area contributed by atoms with Crippen molar-refractivity contribution in [2.45, 2.75) is 37.8 Å². The molecule has 1 aliphatic rings. The van der Waals surface area contributed by atoms with Crippen molar-refractivity contribution in [2.24, 2.45) is 0 Å². The highest BCUT2D eigenvalue weighted by Crippen LogP contribution is 2.24. The maximum absolute atomic E-state index is 9.41. The average Bonchev–Trinajstić information content (AvgIpc) is 2.34. The van der Waals surface area contributed by atoms with Crippen LogP contribution in [0.25, 0.3) is 0 Å². The van der Waals surface area contributed by atoms with Crippen LogP contribution in [0.15, 0.2) is 12.3 Å². The number of aliphatic hydroxyl groups is 1. The first-order valence-electron chi connectivity index (χ1n) is 5.79. The molecule has 0 atom stereocenters. The lowest BCUT2D eigenvalue weighted by molar-refractivity contribution is 0.126. The molecular formula is C12H16N4O. The van der Waals surface area contributed by atoms with Gasteiger partial charge in [-0.3, -0.25) is 0 Å². The average molecular weight is 232 g/mol. The summed E-state index contributed by atoms with van der Waals surface area (Å²) in [6, 6.07) is 3.93. The summed E-state index contributed by atoms with van der Waals surface area (Å²) in [4.78, 5) is 4.14. The number of rotatable bonds is 2. The van der Waals surface area contributed by atoms with Crippen molar-refractivity contribution in [1.29, 1.82) is 5.26 Å². The second-order valence-electron chi connectivity index (χ2n) is 4.42. The molecule has 0 bridgehead atoms. The zero-order chi connectivity index (χ0) is 12.3. The van der Waals surface area contributed by atoms with Crippen molar-refractivity contribution in [3.63, 3.8) is 0 Å². The number of hydrogen-bond donors (Lipinski definition) is 3. The van der Waals surface area contributed by atoms with Gasteiger partial charge in [0.2, 0.25) is 0 Å². The Morgan fingerprint density at radius 3 is 2.71 bits per heavy atom. The van der Waals surface area contributed by atoms with E-state index < -0.39 is 0 Å². The Morgan fingerprint density at radius 1 is 1.41 bits per heavy atom. The van der Waals surface area contributed by atoms with Crippen molar-refractivity contribution < 1.29 is 5.11 Å². The Labute approximate surface area is 100 Å². The van der Waals surface area contributed by atoms with Gasteiger partial charge < -0.3 is 16.2 Å². The van der Waals surface area contributed by atoms with E-state index >= 15 is 0 Å². The quantitative estimate of drug-likeness (QED) is 0.713. The number of nitrogens with zero attached hydrogens (tertiary/aromatic N) is 2. The first-order chi connectivity index (χ1) is 8.19. The summed E-state index contributed by atoms with van der Waals surface area (Å²) in [6.45, 7) is 0. The van der Waals surface area contributed by atoms with Crippen molar-refractivity contribution in [3.05, 3.63) is 17.8 Å². The van der Waals surface area contributed by atoms with Crippen LogP contribution in [0.2, 0.25) is 0 Å². The van der Waals surface area contributed by atoms with Crippen LogP contribution in [-0.2, 0) is 0 Å². The molecule has 1 fully saturated rings. The molecule has 0 amide bonds. The molecule has 1 saturated carbocycles. The van der Waals surface area contributed by atoms with Crippen LogP contribution in [0.4, 0.5) is 11.5 Å². The highest BCUT2D eigenvalue weighted by Gasteiger charge is 2.19. The van der Waals surface area contributed by atoms with Gasteiger partial charge in [0.25, 0.3) is 0 Å². The molecule has 0 radical (unpaired) electrons. The van der Waals surface area contributed by atoms with Gasteiger partial charge in [-0.05, 0) is 31.7 Å². The maximum Gasteiger partial charge on any atom is 0.149 e. The van der Waals surface area contributed by atoms with Crippen molar-refractivity contribution in [2.75, 3.05) is 11.1 Å². The van der Waals surface area contributed by atoms with Gasteiger partial charge in [0.15, 0.2) is 0 Å². The minimum atomic E-state index is -0.167. The number of nitrogens with two attached hydrogens (primary N) is 1. The molecule has 2 rings (SSSR count). The monoisotopic (exact) mass is 232 g/mol. The number of aliphatic hydroxyl groups excluding tert-OH is 1. The summed E-state index contributed by atoms with van der Waals surface area (Å²) in [5.74, 6) is 0.630. The molecule has 0 spiro atoms. The topological polar surface area (TPSA) is 95.0 Å². The van der Waals surface area contributed by atoms with E-state index in [9.17, 15) is 5.11 Å². The number of nitrogens with one attached hydrogen (secondary N) is 1. The lowest BCUT2D eigenvalue weighted by Crippen LogP contribution is -2.28. The summed E-state index contributed by atoms with van der Waals surface area (Å²) >= 11 is 0. The van der Waals surface area contributed by atoms with Crippen molar-refractivity contribution in [3.8, 4) is 6.07 Å². The van der Waals surface area contributed by atoms with Crippen LogP contribution < -0.4 is 11.1 Å². The summed E-state index contributed by atoms with van der Waals surface area (Å²) in [7, 11) is 0. The first-order valence-corrected chi connectivity index (χ1v) is 5.79. The number of anilines is 2. The van der Waals surface area contributed by atoms with Gasteiger partial charge >= 0.3 is 0 Å². The Morgan fingerprint density at radius 2 is 2.12 bits per heavy atom. The van der Waals surface area contributed by atoms with Crippen LogP contribution in [0, 0.1) is 11.3 Å². The zero-order valence-electron chi connectivity index (χ0n) is 9.56. The molecule has 1 aliphatic carbocycles. The third-order valence-corrected chi connectivity index (χ3v) is 3.08. The highest BCUT2D eigenvalue weighted by atomic mass is 16.3. The van der Waals surface area contributed by atoms with Crippen LogP contribution in [0.3, 0.4) is 0 Å². The van der Waals surface area contributed by atoms with Gasteiger partial charge in [-0.1, -0.05) is 0 Å². The number of nitrogen functional groups attached to an aromatic ring is 1. The molecule has 1 aromatic rings. The molecule has 90 valence electrons.